The van der Waals surface area contributed by atoms with Gasteiger partial charge in [0.2, 0.25) is 0 Å². The lowest BCUT2D eigenvalue weighted by Crippen LogP contribution is -2.25. The summed E-state index contributed by atoms with van der Waals surface area (Å²) in [5.74, 6) is 0. The van der Waals surface area contributed by atoms with Gasteiger partial charge in [-0.3, -0.25) is 0 Å². The molecule has 0 heterocycles. The lowest BCUT2D eigenvalue weighted by Gasteiger charge is -1.97. The quantitative estimate of drug-likeness (QED) is 0.641. The highest BCUT2D eigenvalue weighted by Crippen LogP contribution is 1.97. The van der Waals surface area contributed by atoms with Crippen LogP contribution in [0.15, 0.2) is 36.9 Å². The van der Waals surface area contributed by atoms with Gasteiger partial charge in [-0.1, -0.05) is 49.9 Å². The van der Waals surface area contributed by atoms with Crippen LogP contribution in [-0.2, 0) is 0 Å². The Labute approximate surface area is 79.9 Å². The van der Waals surface area contributed by atoms with E-state index in [9.17, 15) is 0 Å². The van der Waals surface area contributed by atoms with Crippen LogP contribution in [-0.4, -0.2) is 0 Å². The zero-order valence-corrected chi connectivity index (χ0v) is 8.38. The number of hydrogen-bond donors (Lipinski definition) is 0. The van der Waals surface area contributed by atoms with Crippen LogP contribution in [0.2, 0.25) is 0 Å². The molecule has 0 heteroatoms. The van der Waals surface area contributed by atoms with Crippen molar-refractivity contribution in [3.05, 3.63) is 47.4 Å². The first kappa shape index (κ1) is 9.79. The summed E-state index contributed by atoms with van der Waals surface area (Å²) in [5, 5.41) is 2.60. The molecule has 0 N–H and O–H groups in total. The van der Waals surface area contributed by atoms with Crippen molar-refractivity contribution in [2.45, 2.75) is 20.3 Å². The third-order valence-corrected chi connectivity index (χ3v) is 2.25. The fraction of sp³-hybridized carbons (Fsp3) is 0.231. The molecule has 0 aliphatic rings. The minimum atomic E-state index is 1.04. The molecule has 0 saturated carbocycles. The molecule has 1 aromatic rings. The monoisotopic (exact) mass is 172 g/mol. The summed E-state index contributed by atoms with van der Waals surface area (Å²) in [6.07, 6.45) is 5.12. The highest BCUT2D eigenvalue weighted by atomic mass is 13.9. The van der Waals surface area contributed by atoms with Gasteiger partial charge >= 0.3 is 0 Å². The Balaban J connectivity index is 3.61. The van der Waals surface area contributed by atoms with Crippen molar-refractivity contribution in [3.8, 4) is 0 Å². The van der Waals surface area contributed by atoms with E-state index in [0.29, 0.717) is 0 Å². The van der Waals surface area contributed by atoms with Gasteiger partial charge in [-0.25, -0.2) is 0 Å². The van der Waals surface area contributed by atoms with Crippen LogP contribution in [0, 0.1) is 0 Å². The van der Waals surface area contributed by atoms with Gasteiger partial charge in [0, 0.05) is 0 Å². The number of allylic oxidation sites excluding steroid dienone is 1. The number of hydrogen-bond acceptors (Lipinski definition) is 0. The van der Waals surface area contributed by atoms with Crippen LogP contribution in [0.3, 0.4) is 0 Å². The lowest BCUT2D eigenvalue weighted by atomic mass is 10.1. The van der Waals surface area contributed by atoms with Crippen molar-refractivity contribution in [2.75, 3.05) is 0 Å². The van der Waals surface area contributed by atoms with E-state index in [4.69, 9.17) is 0 Å². The first-order chi connectivity index (χ1) is 6.33. The first-order valence-electron chi connectivity index (χ1n) is 4.70. The molecule has 0 unspecified atom stereocenters. The predicted molar refractivity (Wildman–Crippen MR) is 59.7 cm³/mol. The van der Waals surface area contributed by atoms with Crippen molar-refractivity contribution in [2.24, 2.45) is 0 Å². The smallest absolute Gasteiger partial charge is 0.0156 e. The predicted octanol–water partition coefficient (Wildman–Crippen LogP) is 2.23. The lowest BCUT2D eigenvalue weighted by molar-refractivity contribution is 1.23. The summed E-state index contributed by atoms with van der Waals surface area (Å²) >= 11 is 0. The summed E-state index contributed by atoms with van der Waals surface area (Å²) < 4.78 is 0. The molecule has 0 aromatic heterocycles. The van der Waals surface area contributed by atoms with Gasteiger partial charge in [-0.15, -0.1) is 0 Å². The normalized spacial score (nSPS) is 14.2. The summed E-state index contributed by atoms with van der Waals surface area (Å²) in [6, 6.07) is 8.42. The molecule has 0 fully saturated rings. The molecule has 0 nitrogen and oxygen atoms in total. The average molecular weight is 172 g/mol. The zero-order chi connectivity index (χ0) is 9.68. The van der Waals surface area contributed by atoms with E-state index in [2.05, 4.69) is 50.8 Å². The van der Waals surface area contributed by atoms with Crippen LogP contribution in [0.5, 0.6) is 0 Å². The maximum Gasteiger partial charge on any atom is -0.0156 e. The van der Waals surface area contributed by atoms with E-state index in [1.165, 1.54) is 16.0 Å². The molecule has 0 bridgehead atoms. The largest absolute Gasteiger partial charge is 0.0988 e. The summed E-state index contributed by atoms with van der Waals surface area (Å²) in [7, 11) is 0. The molecule has 0 aliphatic carbocycles. The molecular formula is C13H16. The Kier molecular flexibility index (Phi) is 3.51. The third-order valence-electron chi connectivity index (χ3n) is 2.25. The topological polar surface area (TPSA) is 0 Å². The van der Waals surface area contributed by atoms with Gasteiger partial charge in [0.05, 0.1) is 0 Å². The van der Waals surface area contributed by atoms with Gasteiger partial charge in [-0.05, 0) is 29.4 Å². The molecule has 0 saturated heterocycles. The second-order valence-electron chi connectivity index (χ2n) is 2.96. The summed E-state index contributed by atoms with van der Waals surface area (Å²) in [5.41, 5.74) is 1.31. The van der Waals surface area contributed by atoms with E-state index in [0.717, 1.165) is 6.42 Å². The molecule has 1 aromatic carbocycles. The maximum absolute atomic E-state index is 3.83. The molecular weight excluding hydrogens is 156 g/mol. The summed E-state index contributed by atoms with van der Waals surface area (Å²) in [4.78, 5) is 0. The van der Waals surface area contributed by atoms with Gasteiger partial charge in [0.25, 0.3) is 0 Å². The van der Waals surface area contributed by atoms with Gasteiger partial charge < -0.3 is 0 Å². The van der Waals surface area contributed by atoms with Crippen LogP contribution < -0.4 is 10.4 Å². The Morgan fingerprint density at radius 2 is 2.08 bits per heavy atom. The van der Waals surface area contributed by atoms with Crippen LogP contribution >= 0.6 is 0 Å². The zero-order valence-electron chi connectivity index (χ0n) is 8.38. The fourth-order valence-corrected chi connectivity index (χ4v) is 1.49. The Morgan fingerprint density at radius 3 is 2.62 bits per heavy atom. The molecule has 0 spiro atoms. The van der Waals surface area contributed by atoms with Gasteiger partial charge in [0.1, 0.15) is 0 Å². The fourth-order valence-electron chi connectivity index (χ4n) is 1.49. The third kappa shape index (κ3) is 2.09. The van der Waals surface area contributed by atoms with Crippen LogP contribution in [0.4, 0.5) is 0 Å². The molecule has 0 amide bonds. The average Bonchev–Trinajstić information content (AvgIpc) is 2.20. The van der Waals surface area contributed by atoms with Gasteiger partial charge in [-0.2, -0.15) is 0 Å². The van der Waals surface area contributed by atoms with Crippen molar-refractivity contribution in [1.29, 1.82) is 0 Å². The highest BCUT2D eigenvalue weighted by Gasteiger charge is 1.90. The van der Waals surface area contributed by atoms with Crippen molar-refractivity contribution < 1.29 is 0 Å². The summed E-state index contributed by atoms with van der Waals surface area (Å²) in [6.45, 7) is 8.05. The SMILES string of the molecule is C=C/C(CC)=c1/cccc/c1=C/C. The van der Waals surface area contributed by atoms with Crippen molar-refractivity contribution in [3.63, 3.8) is 0 Å². The molecule has 1 rings (SSSR count). The highest BCUT2D eigenvalue weighted by molar-refractivity contribution is 5.55. The molecule has 0 radical (unpaired) electrons. The Morgan fingerprint density at radius 1 is 1.38 bits per heavy atom. The van der Waals surface area contributed by atoms with E-state index in [1.807, 2.05) is 6.08 Å². The molecule has 13 heavy (non-hydrogen) atoms. The van der Waals surface area contributed by atoms with Crippen LogP contribution in [0.1, 0.15) is 20.3 Å². The standard InChI is InChI=1S/C13H16/c1-4-11(5-2)13-10-8-7-9-12(13)6-3/h4,6-10H,1,5H2,2-3H3/b12-6-,13-11+. The minimum absolute atomic E-state index is 1.04. The molecule has 0 aliphatic heterocycles. The van der Waals surface area contributed by atoms with Crippen molar-refractivity contribution in [1.82, 2.24) is 0 Å². The molecule has 0 atom stereocenters. The molecule has 68 valence electrons. The van der Waals surface area contributed by atoms with E-state index in [-0.39, 0.29) is 0 Å². The second kappa shape index (κ2) is 4.66. The van der Waals surface area contributed by atoms with Crippen molar-refractivity contribution >= 4 is 11.6 Å². The first-order valence-corrected chi connectivity index (χ1v) is 4.70. The Bertz CT molecular complexity index is 396. The second-order valence-corrected chi connectivity index (χ2v) is 2.96. The van der Waals surface area contributed by atoms with Gasteiger partial charge in [0.15, 0.2) is 0 Å². The van der Waals surface area contributed by atoms with E-state index in [1.54, 1.807) is 0 Å². The maximum atomic E-state index is 3.83. The minimum Gasteiger partial charge on any atom is -0.0988 e. The Hall–Kier alpha value is -1.30. The van der Waals surface area contributed by atoms with E-state index >= 15 is 0 Å². The number of benzene rings is 1. The number of rotatable bonds is 2. The van der Waals surface area contributed by atoms with E-state index < -0.39 is 0 Å². The van der Waals surface area contributed by atoms with Crippen LogP contribution in [0.25, 0.3) is 11.6 Å².